The number of hydrogen-bond acceptors (Lipinski definition) is 3. The highest BCUT2D eigenvalue weighted by Crippen LogP contribution is 2.36. The lowest BCUT2D eigenvalue weighted by atomic mass is 10.1. The molecule has 4 nitrogen and oxygen atoms in total. The molecule has 78 valence electrons. The highest BCUT2D eigenvalue weighted by atomic mass is 16.3. The van der Waals surface area contributed by atoms with E-state index >= 15 is 0 Å². The lowest BCUT2D eigenvalue weighted by molar-refractivity contribution is 0.197. The average molecular weight is 195 g/mol. The zero-order valence-corrected chi connectivity index (χ0v) is 8.43. The molecular weight excluding hydrogens is 178 g/mol. The summed E-state index contributed by atoms with van der Waals surface area (Å²) in [7, 11) is 0. The van der Waals surface area contributed by atoms with Gasteiger partial charge in [-0.2, -0.15) is 0 Å². The lowest BCUT2D eigenvalue weighted by Crippen LogP contribution is -2.36. The Morgan fingerprint density at radius 2 is 2.43 bits per heavy atom. The summed E-state index contributed by atoms with van der Waals surface area (Å²) in [5, 5.41) is 9.34. The lowest BCUT2D eigenvalue weighted by Gasteiger charge is -2.24. The summed E-state index contributed by atoms with van der Waals surface area (Å²) in [6.45, 7) is 2.02. The minimum absolute atomic E-state index is 0.00926. The maximum atomic E-state index is 9.34. The van der Waals surface area contributed by atoms with Crippen molar-refractivity contribution in [2.45, 2.75) is 31.8 Å². The summed E-state index contributed by atoms with van der Waals surface area (Å²) in [5.41, 5.74) is 6.09. The van der Waals surface area contributed by atoms with E-state index in [1.165, 1.54) is 12.8 Å². The third kappa shape index (κ3) is 1.67. The van der Waals surface area contributed by atoms with E-state index in [2.05, 4.69) is 4.98 Å². The van der Waals surface area contributed by atoms with Gasteiger partial charge in [-0.25, -0.2) is 4.98 Å². The van der Waals surface area contributed by atoms with Crippen LogP contribution in [0.3, 0.4) is 0 Å². The Bertz CT molecular complexity index is 306. The second kappa shape index (κ2) is 3.71. The van der Waals surface area contributed by atoms with E-state index < -0.39 is 0 Å². The Hall–Kier alpha value is -0.870. The number of rotatable bonds is 4. The fraction of sp³-hybridized carbons (Fsp3) is 0.700. The Labute approximate surface area is 83.8 Å². The van der Waals surface area contributed by atoms with Crippen molar-refractivity contribution < 1.29 is 5.11 Å². The first-order valence-electron chi connectivity index (χ1n) is 5.10. The molecule has 0 bridgehead atoms. The predicted molar refractivity (Wildman–Crippen MR) is 53.8 cm³/mol. The molecule has 0 aromatic carbocycles. The SMILES string of the molecule is Cc1nccn1C(CO)C(N)C1CC1. The number of aromatic nitrogens is 2. The number of aliphatic hydroxyl groups is 1. The summed E-state index contributed by atoms with van der Waals surface area (Å²) in [6.07, 6.45) is 6.03. The maximum Gasteiger partial charge on any atom is 0.105 e. The van der Waals surface area contributed by atoms with Crippen molar-refractivity contribution in [3.8, 4) is 0 Å². The number of nitrogens with zero attached hydrogens (tertiary/aromatic N) is 2. The van der Waals surface area contributed by atoms with Crippen LogP contribution in [0.5, 0.6) is 0 Å². The Balaban J connectivity index is 2.16. The van der Waals surface area contributed by atoms with E-state index in [1.54, 1.807) is 6.20 Å². The van der Waals surface area contributed by atoms with Crippen LogP contribution in [0.15, 0.2) is 12.4 Å². The Morgan fingerprint density at radius 3 is 2.86 bits per heavy atom. The largest absolute Gasteiger partial charge is 0.394 e. The molecule has 0 spiro atoms. The molecule has 1 saturated carbocycles. The molecule has 1 aromatic heterocycles. The monoisotopic (exact) mass is 195 g/mol. The van der Waals surface area contributed by atoms with Crippen LogP contribution >= 0.6 is 0 Å². The number of aliphatic hydroxyl groups excluding tert-OH is 1. The van der Waals surface area contributed by atoms with E-state index in [1.807, 2.05) is 17.7 Å². The standard InChI is InChI=1S/C10H17N3O/c1-7-12-4-5-13(7)9(6-14)10(11)8-2-3-8/h4-5,8-10,14H,2-3,6,11H2,1H3. The van der Waals surface area contributed by atoms with E-state index in [0.29, 0.717) is 5.92 Å². The van der Waals surface area contributed by atoms with Crippen molar-refractivity contribution in [2.24, 2.45) is 11.7 Å². The van der Waals surface area contributed by atoms with Gasteiger partial charge in [0, 0.05) is 18.4 Å². The highest BCUT2D eigenvalue weighted by molar-refractivity contribution is 4.98. The molecule has 0 radical (unpaired) electrons. The minimum Gasteiger partial charge on any atom is -0.394 e. The zero-order valence-electron chi connectivity index (χ0n) is 8.43. The van der Waals surface area contributed by atoms with Crippen molar-refractivity contribution in [1.29, 1.82) is 0 Å². The van der Waals surface area contributed by atoms with Gasteiger partial charge in [0.15, 0.2) is 0 Å². The summed E-state index contributed by atoms with van der Waals surface area (Å²) in [4.78, 5) is 4.14. The molecule has 3 N–H and O–H groups in total. The van der Waals surface area contributed by atoms with Gasteiger partial charge < -0.3 is 15.4 Å². The first kappa shape index (κ1) is 9.68. The van der Waals surface area contributed by atoms with Crippen molar-refractivity contribution in [1.82, 2.24) is 9.55 Å². The topological polar surface area (TPSA) is 64.1 Å². The van der Waals surface area contributed by atoms with Crippen molar-refractivity contribution in [2.75, 3.05) is 6.61 Å². The molecule has 2 atom stereocenters. The van der Waals surface area contributed by atoms with Crippen LogP contribution in [-0.2, 0) is 0 Å². The first-order chi connectivity index (χ1) is 6.74. The van der Waals surface area contributed by atoms with Gasteiger partial charge in [0.2, 0.25) is 0 Å². The van der Waals surface area contributed by atoms with Gasteiger partial charge in [-0.3, -0.25) is 0 Å². The molecule has 1 aliphatic rings. The minimum atomic E-state index is -0.00926. The first-order valence-corrected chi connectivity index (χ1v) is 5.10. The fourth-order valence-electron chi connectivity index (χ4n) is 1.93. The van der Waals surface area contributed by atoms with Gasteiger partial charge in [0.05, 0.1) is 12.6 Å². The molecule has 0 aliphatic heterocycles. The second-order valence-electron chi connectivity index (χ2n) is 4.05. The Kier molecular flexibility index (Phi) is 2.56. The van der Waals surface area contributed by atoms with Crippen LogP contribution in [0, 0.1) is 12.8 Å². The van der Waals surface area contributed by atoms with Gasteiger partial charge in [-0.1, -0.05) is 0 Å². The number of hydrogen-bond donors (Lipinski definition) is 2. The van der Waals surface area contributed by atoms with Gasteiger partial charge in [0.25, 0.3) is 0 Å². The zero-order chi connectivity index (χ0) is 10.1. The fourth-order valence-corrected chi connectivity index (χ4v) is 1.93. The highest BCUT2D eigenvalue weighted by Gasteiger charge is 2.34. The average Bonchev–Trinajstić information content (AvgIpc) is 2.94. The quantitative estimate of drug-likeness (QED) is 0.733. The molecule has 1 fully saturated rings. The van der Waals surface area contributed by atoms with Crippen LogP contribution in [0.2, 0.25) is 0 Å². The van der Waals surface area contributed by atoms with Crippen LogP contribution < -0.4 is 5.73 Å². The third-order valence-electron chi connectivity index (χ3n) is 3.02. The summed E-state index contributed by atoms with van der Waals surface area (Å²) >= 11 is 0. The summed E-state index contributed by atoms with van der Waals surface area (Å²) in [6, 6.07) is 0.0536. The van der Waals surface area contributed by atoms with Gasteiger partial charge >= 0.3 is 0 Å². The predicted octanol–water partition coefficient (Wildman–Crippen LogP) is 0.462. The molecule has 2 unspecified atom stereocenters. The second-order valence-corrected chi connectivity index (χ2v) is 4.05. The van der Waals surface area contributed by atoms with E-state index in [4.69, 9.17) is 5.73 Å². The van der Waals surface area contributed by atoms with E-state index in [0.717, 1.165) is 5.82 Å². The van der Waals surface area contributed by atoms with Crippen LogP contribution in [0.4, 0.5) is 0 Å². The summed E-state index contributed by atoms with van der Waals surface area (Å²) in [5.74, 6) is 1.51. The molecule has 1 heterocycles. The van der Waals surface area contributed by atoms with Gasteiger partial charge in [-0.15, -0.1) is 0 Å². The molecule has 1 aliphatic carbocycles. The van der Waals surface area contributed by atoms with Gasteiger partial charge in [0.1, 0.15) is 5.82 Å². The Morgan fingerprint density at radius 1 is 1.71 bits per heavy atom. The molecule has 14 heavy (non-hydrogen) atoms. The normalized spacial score (nSPS) is 20.8. The van der Waals surface area contributed by atoms with E-state index in [-0.39, 0.29) is 18.7 Å². The van der Waals surface area contributed by atoms with E-state index in [9.17, 15) is 5.11 Å². The number of nitrogens with two attached hydrogens (primary N) is 1. The molecular formula is C10H17N3O. The maximum absolute atomic E-state index is 9.34. The van der Waals surface area contributed by atoms with Crippen molar-refractivity contribution in [3.05, 3.63) is 18.2 Å². The van der Waals surface area contributed by atoms with Crippen LogP contribution in [0.1, 0.15) is 24.7 Å². The van der Waals surface area contributed by atoms with Gasteiger partial charge in [-0.05, 0) is 25.7 Å². The molecule has 2 rings (SSSR count). The molecule has 1 aromatic rings. The van der Waals surface area contributed by atoms with Crippen molar-refractivity contribution >= 4 is 0 Å². The smallest absolute Gasteiger partial charge is 0.105 e. The summed E-state index contributed by atoms with van der Waals surface area (Å²) < 4.78 is 1.98. The van der Waals surface area contributed by atoms with Crippen molar-refractivity contribution in [3.63, 3.8) is 0 Å². The molecule has 0 amide bonds. The van der Waals surface area contributed by atoms with Crippen LogP contribution in [-0.4, -0.2) is 27.3 Å². The third-order valence-corrected chi connectivity index (χ3v) is 3.02. The molecule has 4 heteroatoms. The van der Waals surface area contributed by atoms with Crippen LogP contribution in [0.25, 0.3) is 0 Å². The number of imidazole rings is 1. The number of aryl methyl sites for hydroxylation is 1. The molecule has 0 saturated heterocycles.